The average molecular weight is 252 g/mol. The van der Waals surface area contributed by atoms with Gasteiger partial charge in [0.15, 0.2) is 0 Å². The first kappa shape index (κ1) is 12.6. The fourth-order valence-corrected chi connectivity index (χ4v) is 3.29. The molecule has 2 nitrogen and oxygen atoms in total. The number of ketones is 1. The highest BCUT2D eigenvalue weighted by molar-refractivity contribution is 5.92. The molecule has 1 aromatic rings. The van der Waals surface area contributed by atoms with E-state index in [2.05, 4.69) is 37.2 Å². The van der Waals surface area contributed by atoms with E-state index < -0.39 is 0 Å². The summed E-state index contributed by atoms with van der Waals surface area (Å²) in [7, 11) is 4.16. The van der Waals surface area contributed by atoms with E-state index in [9.17, 15) is 4.79 Å². The van der Waals surface area contributed by atoms with Crippen molar-refractivity contribution < 1.29 is 4.79 Å². The van der Waals surface area contributed by atoms with Crippen LogP contribution in [0.25, 0.3) is 0 Å². The Kier molecular flexibility index (Phi) is 3.28. The van der Waals surface area contributed by atoms with Gasteiger partial charge in [-0.15, -0.1) is 12.4 Å². The quantitative estimate of drug-likeness (QED) is 0.806. The Bertz CT molecular complexity index is 456. The van der Waals surface area contributed by atoms with Crippen LogP contribution < -0.4 is 0 Å². The summed E-state index contributed by atoms with van der Waals surface area (Å²) < 4.78 is 0. The number of benzene rings is 1. The maximum Gasteiger partial charge on any atom is 0.140 e. The Labute approximate surface area is 108 Å². The topological polar surface area (TPSA) is 20.3 Å². The normalized spacial score (nSPS) is 25.0. The molecular weight excluding hydrogens is 234 g/mol. The van der Waals surface area contributed by atoms with Crippen LogP contribution in [0.1, 0.15) is 41.4 Å². The first-order chi connectivity index (χ1) is 7.66. The lowest BCUT2D eigenvalue weighted by atomic mass is 9.87. The minimum absolute atomic E-state index is 0. The van der Waals surface area contributed by atoms with Crippen LogP contribution in [0, 0.1) is 0 Å². The van der Waals surface area contributed by atoms with Crippen molar-refractivity contribution in [2.24, 2.45) is 0 Å². The molecule has 92 valence electrons. The van der Waals surface area contributed by atoms with E-state index >= 15 is 0 Å². The van der Waals surface area contributed by atoms with Crippen molar-refractivity contribution in [2.45, 2.75) is 31.2 Å². The second-order valence-corrected chi connectivity index (χ2v) is 5.31. The molecule has 0 N–H and O–H groups in total. The third-order valence-corrected chi connectivity index (χ3v) is 3.86. The molecule has 1 fully saturated rings. The van der Waals surface area contributed by atoms with Gasteiger partial charge < -0.3 is 4.90 Å². The summed E-state index contributed by atoms with van der Waals surface area (Å²) in [5.41, 5.74) is 4.16. The predicted molar refractivity (Wildman–Crippen MR) is 70.8 cm³/mol. The number of rotatable bonds is 2. The van der Waals surface area contributed by atoms with E-state index in [1.165, 1.54) is 16.7 Å². The summed E-state index contributed by atoms with van der Waals surface area (Å²) >= 11 is 0. The van der Waals surface area contributed by atoms with Crippen LogP contribution in [0.2, 0.25) is 0 Å². The second-order valence-electron chi connectivity index (χ2n) is 5.31. The second kappa shape index (κ2) is 4.43. The molecule has 17 heavy (non-hydrogen) atoms. The number of carbonyl (C=O) groups excluding carboxylic acids is 1. The maximum atomic E-state index is 11.8. The fourth-order valence-electron chi connectivity index (χ4n) is 3.29. The van der Waals surface area contributed by atoms with Gasteiger partial charge in [-0.2, -0.15) is 0 Å². The number of nitrogens with zero attached hydrogens (tertiary/aromatic N) is 1. The van der Waals surface area contributed by atoms with Crippen molar-refractivity contribution in [2.75, 3.05) is 14.1 Å². The van der Waals surface area contributed by atoms with E-state index in [0.29, 0.717) is 11.7 Å². The molecule has 0 aromatic heterocycles. The smallest absolute Gasteiger partial charge is 0.140 e. The van der Waals surface area contributed by atoms with E-state index in [1.54, 1.807) is 0 Å². The molecule has 0 saturated heterocycles. The molecule has 0 aliphatic heterocycles. The Morgan fingerprint density at radius 3 is 2.82 bits per heavy atom. The third-order valence-electron chi connectivity index (χ3n) is 3.86. The molecule has 0 heterocycles. The van der Waals surface area contributed by atoms with E-state index in [-0.39, 0.29) is 18.3 Å². The lowest BCUT2D eigenvalue weighted by Crippen LogP contribution is -2.16. The summed E-state index contributed by atoms with van der Waals surface area (Å²) in [6.07, 6.45) is 1.85. The molecule has 1 saturated carbocycles. The molecule has 2 atom stereocenters. The minimum atomic E-state index is 0. The Morgan fingerprint density at radius 1 is 1.35 bits per heavy atom. The van der Waals surface area contributed by atoms with Gasteiger partial charge in [-0.1, -0.05) is 18.2 Å². The Morgan fingerprint density at radius 2 is 2.12 bits per heavy atom. The summed E-state index contributed by atoms with van der Waals surface area (Å²) in [5, 5.41) is 0. The van der Waals surface area contributed by atoms with Crippen molar-refractivity contribution in [3.8, 4) is 0 Å². The molecule has 3 rings (SSSR count). The first-order valence-corrected chi connectivity index (χ1v) is 5.96. The highest BCUT2D eigenvalue weighted by Gasteiger charge is 2.43. The van der Waals surface area contributed by atoms with Gasteiger partial charge in [-0.05, 0) is 43.1 Å². The van der Waals surface area contributed by atoms with Gasteiger partial charge in [0.1, 0.15) is 5.78 Å². The number of hydrogen-bond acceptors (Lipinski definition) is 2. The van der Waals surface area contributed by atoms with Crippen LogP contribution in [0.15, 0.2) is 18.2 Å². The van der Waals surface area contributed by atoms with Crippen molar-refractivity contribution in [3.63, 3.8) is 0 Å². The molecule has 2 bridgehead atoms. The largest absolute Gasteiger partial charge is 0.305 e. The number of Topliss-reactive ketones (excluding diaryl/α,β-unsaturated/α-hetero) is 1. The molecular formula is C14H18ClNO. The number of halogens is 1. The monoisotopic (exact) mass is 251 g/mol. The van der Waals surface area contributed by atoms with Crippen LogP contribution in [0.5, 0.6) is 0 Å². The number of carbonyl (C=O) groups is 1. The van der Waals surface area contributed by atoms with Crippen molar-refractivity contribution >= 4 is 18.2 Å². The van der Waals surface area contributed by atoms with Gasteiger partial charge >= 0.3 is 0 Å². The van der Waals surface area contributed by atoms with Gasteiger partial charge in [0.2, 0.25) is 0 Å². The maximum absolute atomic E-state index is 11.8. The summed E-state index contributed by atoms with van der Waals surface area (Å²) in [6.45, 7) is 0.944. The van der Waals surface area contributed by atoms with Crippen LogP contribution in [0.3, 0.4) is 0 Å². The zero-order valence-corrected chi connectivity index (χ0v) is 11.1. The molecule has 3 heteroatoms. The number of fused-ring (bicyclic) bond motifs is 5. The van der Waals surface area contributed by atoms with Gasteiger partial charge in [-0.3, -0.25) is 4.79 Å². The molecule has 0 amide bonds. The standard InChI is InChI=1S/C14H17NO.ClH/c1-15(2)8-9-4-3-5-11-10-6-12(14(9)11)13(16)7-10;/h3-5,10,12H,6-8H2,1-2H3;1H. The van der Waals surface area contributed by atoms with E-state index in [0.717, 1.165) is 19.4 Å². The fraction of sp³-hybridized carbons (Fsp3) is 0.500. The Hall–Kier alpha value is -0.860. The van der Waals surface area contributed by atoms with Crippen molar-refractivity contribution in [1.82, 2.24) is 4.90 Å². The zero-order valence-electron chi connectivity index (χ0n) is 10.3. The van der Waals surface area contributed by atoms with Crippen LogP contribution in [-0.2, 0) is 11.3 Å². The average Bonchev–Trinajstić information content (AvgIpc) is 2.74. The van der Waals surface area contributed by atoms with Crippen LogP contribution in [0.4, 0.5) is 0 Å². The third kappa shape index (κ3) is 1.90. The van der Waals surface area contributed by atoms with Gasteiger partial charge in [0.25, 0.3) is 0 Å². The van der Waals surface area contributed by atoms with Crippen molar-refractivity contribution in [1.29, 1.82) is 0 Å². The first-order valence-electron chi connectivity index (χ1n) is 5.96. The van der Waals surface area contributed by atoms with Gasteiger partial charge in [0, 0.05) is 18.9 Å². The molecule has 2 unspecified atom stereocenters. The molecule has 0 spiro atoms. The zero-order chi connectivity index (χ0) is 11.3. The number of hydrogen-bond donors (Lipinski definition) is 0. The summed E-state index contributed by atoms with van der Waals surface area (Å²) in [4.78, 5) is 14.0. The molecule has 1 aromatic carbocycles. The summed E-state index contributed by atoms with van der Waals surface area (Å²) in [6, 6.07) is 6.53. The predicted octanol–water partition coefficient (Wildman–Crippen LogP) is 2.71. The van der Waals surface area contributed by atoms with E-state index in [4.69, 9.17) is 0 Å². The van der Waals surface area contributed by atoms with Crippen LogP contribution >= 0.6 is 12.4 Å². The highest BCUT2D eigenvalue weighted by Crippen LogP contribution is 2.52. The molecule has 0 radical (unpaired) electrons. The van der Waals surface area contributed by atoms with Gasteiger partial charge in [-0.25, -0.2) is 0 Å². The molecule has 2 aliphatic carbocycles. The van der Waals surface area contributed by atoms with E-state index in [1.807, 2.05) is 0 Å². The van der Waals surface area contributed by atoms with Crippen LogP contribution in [-0.4, -0.2) is 24.8 Å². The molecule has 2 aliphatic rings. The summed E-state index contributed by atoms with van der Waals surface area (Å²) in [5.74, 6) is 1.20. The van der Waals surface area contributed by atoms with Crippen molar-refractivity contribution in [3.05, 3.63) is 34.9 Å². The van der Waals surface area contributed by atoms with Gasteiger partial charge in [0.05, 0.1) is 0 Å². The lowest BCUT2D eigenvalue weighted by Gasteiger charge is -2.20. The highest BCUT2D eigenvalue weighted by atomic mass is 35.5. The Balaban J connectivity index is 0.00000108. The minimum Gasteiger partial charge on any atom is -0.305 e. The SMILES string of the molecule is CN(C)Cc1cccc2c1C1CC2CC1=O.Cl. The lowest BCUT2D eigenvalue weighted by molar-refractivity contribution is -0.118.